The summed E-state index contributed by atoms with van der Waals surface area (Å²) in [5.74, 6) is -1.93. The molecule has 5 nitrogen and oxygen atoms in total. The molecule has 0 aliphatic heterocycles. The van der Waals surface area contributed by atoms with Gasteiger partial charge < -0.3 is 9.84 Å². The van der Waals surface area contributed by atoms with Gasteiger partial charge in [0.15, 0.2) is 0 Å². The zero-order chi connectivity index (χ0) is 21.6. The lowest BCUT2D eigenvalue weighted by molar-refractivity contribution is -0.146. The third-order valence-electron chi connectivity index (χ3n) is 4.73. The van der Waals surface area contributed by atoms with Crippen LogP contribution in [0.25, 0.3) is 22.6 Å². The first-order valence-corrected chi connectivity index (χ1v) is 9.72. The van der Waals surface area contributed by atoms with Crippen LogP contribution in [0.1, 0.15) is 16.8 Å². The summed E-state index contributed by atoms with van der Waals surface area (Å²) in [6.45, 7) is 0.404. The number of rotatable bonds is 7. The first-order chi connectivity index (χ1) is 15.1. The lowest BCUT2D eigenvalue weighted by atomic mass is 10.0. The maximum Gasteiger partial charge on any atom is 0.377 e. The van der Waals surface area contributed by atoms with E-state index in [9.17, 15) is 14.7 Å². The number of aliphatic carboxylic acids is 1. The Kier molecular flexibility index (Phi) is 5.85. The van der Waals surface area contributed by atoms with E-state index in [-0.39, 0.29) is 5.57 Å². The van der Waals surface area contributed by atoms with E-state index in [0.717, 1.165) is 10.9 Å². The summed E-state index contributed by atoms with van der Waals surface area (Å²) in [5, 5.41) is 10.2. The van der Waals surface area contributed by atoms with Crippen LogP contribution in [0, 0.1) is 0 Å². The number of fused-ring (bicyclic) bond motifs is 1. The number of hydrogen-bond acceptors (Lipinski definition) is 4. The van der Waals surface area contributed by atoms with Gasteiger partial charge in [0, 0.05) is 5.39 Å². The van der Waals surface area contributed by atoms with Crippen molar-refractivity contribution in [3.8, 4) is 5.75 Å². The molecule has 0 bridgehead atoms. The minimum atomic E-state index is -1.53. The van der Waals surface area contributed by atoms with E-state index in [1.54, 1.807) is 24.3 Å². The van der Waals surface area contributed by atoms with Gasteiger partial charge in [-0.15, -0.1) is 0 Å². The largest absolute Gasteiger partial charge is 0.489 e. The van der Waals surface area contributed by atoms with Crippen molar-refractivity contribution < 1.29 is 19.4 Å². The molecule has 31 heavy (non-hydrogen) atoms. The van der Waals surface area contributed by atoms with Gasteiger partial charge in [0.1, 0.15) is 12.4 Å². The summed E-state index contributed by atoms with van der Waals surface area (Å²) in [7, 11) is 0. The topological polar surface area (TPSA) is 76.5 Å². The Morgan fingerprint density at radius 1 is 0.871 bits per heavy atom. The summed E-state index contributed by atoms with van der Waals surface area (Å²) in [6, 6.07) is 27.9. The van der Waals surface area contributed by atoms with Crippen molar-refractivity contribution in [1.82, 2.24) is 4.98 Å². The van der Waals surface area contributed by atoms with Gasteiger partial charge in [0.05, 0.1) is 16.8 Å². The van der Waals surface area contributed by atoms with Gasteiger partial charge in [-0.25, -0.2) is 9.78 Å². The zero-order valence-corrected chi connectivity index (χ0v) is 16.6. The molecular formula is C26H19NO4. The van der Waals surface area contributed by atoms with E-state index in [4.69, 9.17) is 4.74 Å². The molecule has 0 radical (unpaired) electrons. The number of carbonyl (C=O) groups excluding carboxylic acids is 1. The summed E-state index contributed by atoms with van der Waals surface area (Å²) >= 11 is 0. The maximum atomic E-state index is 12.4. The van der Waals surface area contributed by atoms with E-state index in [2.05, 4.69) is 4.98 Å². The third-order valence-corrected chi connectivity index (χ3v) is 4.73. The number of pyridine rings is 1. The molecule has 1 heterocycles. The molecule has 0 amide bonds. The smallest absolute Gasteiger partial charge is 0.377 e. The highest BCUT2D eigenvalue weighted by Gasteiger charge is 2.21. The van der Waals surface area contributed by atoms with Gasteiger partial charge in [0.2, 0.25) is 0 Å². The summed E-state index contributed by atoms with van der Waals surface area (Å²) in [4.78, 5) is 28.4. The number of para-hydroxylation sites is 1. The van der Waals surface area contributed by atoms with E-state index in [0.29, 0.717) is 29.1 Å². The van der Waals surface area contributed by atoms with Gasteiger partial charge in [-0.2, -0.15) is 0 Å². The lowest BCUT2D eigenvalue weighted by Crippen LogP contribution is -2.15. The van der Waals surface area contributed by atoms with Crippen LogP contribution in [0.2, 0.25) is 0 Å². The van der Waals surface area contributed by atoms with Crippen molar-refractivity contribution in [2.45, 2.75) is 6.61 Å². The molecule has 3 aromatic carbocycles. The fraction of sp³-hybridized carbons (Fsp3) is 0.0385. The first kappa shape index (κ1) is 20.0. The molecule has 0 fully saturated rings. The number of carbonyl (C=O) groups is 2. The molecular weight excluding hydrogens is 390 g/mol. The quantitative estimate of drug-likeness (QED) is 0.343. The molecule has 0 atom stereocenters. The average molecular weight is 409 g/mol. The Bertz CT molecular complexity index is 1280. The van der Waals surface area contributed by atoms with Gasteiger partial charge >= 0.3 is 5.97 Å². The predicted octanol–water partition coefficient (Wildman–Crippen LogP) is 5.01. The van der Waals surface area contributed by atoms with Crippen molar-refractivity contribution in [3.05, 3.63) is 108 Å². The van der Waals surface area contributed by atoms with Gasteiger partial charge in [-0.3, -0.25) is 4.79 Å². The number of carboxylic acid groups (broad SMARTS) is 1. The Balaban J connectivity index is 1.67. The van der Waals surface area contributed by atoms with Gasteiger partial charge in [-0.1, -0.05) is 66.7 Å². The molecule has 0 saturated carbocycles. The van der Waals surface area contributed by atoms with Crippen LogP contribution in [-0.2, 0) is 16.2 Å². The molecule has 0 saturated heterocycles. The highest BCUT2D eigenvalue weighted by atomic mass is 16.5. The van der Waals surface area contributed by atoms with Crippen LogP contribution in [0.4, 0.5) is 0 Å². The fourth-order valence-corrected chi connectivity index (χ4v) is 3.19. The average Bonchev–Trinajstić information content (AvgIpc) is 2.81. The molecule has 1 N–H and O–H groups in total. The number of aromatic nitrogens is 1. The second-order valence-electron chi connectivity index (χ2n) is 6.93. The van der Waals surface area contributed by atoms with Gasteiger partial charge in [-0.05, 0) is 41.5 Å². The van der Waals surface area contributed by atoms with Crippen LogP contribution >= 0.6 is 0 Å². The Labute approximate surface area is 179 Å². The van der Waals surface area contributed by atoms with Crippen molar-refractivity contribution in [1.29, 1.82) is 0 Å². The number of nitrogens with zero attached hydrogens (tertiary/aromatic N) is 1. The van der Waals surface area contributed by atoms with E-state index < -0.39 is 11.8 Å². The van der Waals surface area contributed by atoms with E-state index >= 15 is 0 Å². The van der Waals surface area contributed by atoms with Gasteiger partial charge in [0.25, 0.3) is 5.78 Å². The molecule has 1 aromatic heterocycles. The van der Waals surface area contributed by atoms with Crippen LogP contribution in [0.3, 0.4) is 0 Å². The Hall–Kier alpha value is -4.25. The highest BCUT2D eigenvalue weighted by molar-refractivity contribution is 6.52. The zero-order valence-electron chi connectivity index (χ0n) is 16.6. The van der Waals surface area contributed by atoms with Crippen molar-refractivity contribution in [2.24, 2.45) is 0 Å². The molecule has 0 unspecified atom stereocenters. The molecule has 4 rings (SSSR count). The SMILES string of the molecule is O=C(O)C(=O)/C(=C\c1cccc(OCc2ccccc2)c1)c1ccc2ccccc2n1. The predicted molar refractivity (Wildman–Crippen MR) is 119 cm³/mol. The van der Waals surface area contributed by atoms with Crippen LogP contribution in [-0.4, -0.2) is 21.8 Å². The number of benzene rings is 3. The molecule has 0 spiro atoms. The minimum absolute atomic E-state index is 0.0125. The number of ketones is 1. The van der Waals surface area contributed by atoms with Crippen LogP contribution in [0.5, 0.6) is 5.75 Å². The van der Waals surface area contributed by atoms with E-state index in [1.165, 1.54) is 6.08 Å². The summed E-state index contributed by atoms with van der Waals surface area (Å²) in [6.07, 6.45) is 1.53. The minimum Gasteiger partial charge on any atom is -0.489 e. The standard InChI is InChI=1S/C26H19NO4/c28-25(26(29)30)22(24-14-13-20-10-4-5-12-23(20)27-24)16-19-9-6-11-21(15-19)31-17-18-7-2-1-3-8-18/h1-16H,17H2,(H,29,30)/b22-16-. The monoisotopic (exact) mass is 409 g/mol. The molecule has 5 heteroatoms. The third kappa shape index (κ3) is 4.85. The number of hydrogen-bond donors (Lipinski definition) is 1. The van der Waals surface area contributed by atoms with Crippen LogP contribution in [0.15, 0.2) is 91.0 Å². The Morgan fingerprint density at radius 3 is 2.45 bits per heavy atom. The van der Waals surface area contributed by atoms with Crippen molar-refractivity contribution >= 4 is 34.3 Å². The van der Waals surface area contributed by atoms with Crippen molar-refractivity contribution in [2.75, 3.05) is 0 Å². The number of ether oxygens (including phenoxy) is 1. The summed E-state index contributed by atoms with van der Waals surface area (Å²) < 4.78 is 5.84. The maximum absolute atomic E-state index is 12.4. The fourth-order valence-electron chi connectivity index (χ4n) is 3.19. The number of Topliss-reactive ketones (excluding diaryl/α,β-unsaturated/α-hetero) is 1. The first-order valence-electron chi connectivity index (χ1n) is 9.72. The molecule has 0 aliphatic rings. The second kappa shape index (κ2) is 9.05. The molecule has 152 valence electrons. The second-order valence-corrected chi connectivity index (χ2v) is 6.93. The normalized spacial score (nSPS) is 11.3. The lowest BCUT2D eigenvalue weighted by Gasteiger charge is -2.08. The molecule has 4 aromatic rings. The number of carboxylic acids is 1. The summed E-state index contributed by atoms with van der Waals surface area (Å²) in [5.41, 5.74) is 2.68. The van der Waals surface area contributed by atoms with E-state index in [1.807, 2.05) is 66.7 Å². The highest BCUT2D eigenvalue weighted by Crippen LogP contribution is 2.23. The molecule has 0 aliphatic carbocycles. The Morgan fingerprint density at radius 2 is 1.65 bits per heavy atom. The van der Waals surface area contributed by atoms with Crippen LogP contribution < -0.4 is 4.74 Å². The van der Waals surface area contributed by atoms with Crippen molar-refractivity contribution in [3.63, 3.8) is 0 Å².